The van der Waals surface area contributed by atoms with E-state index in [0.717, 1.165) is 38.2 Å². The summed E-state index contributed by atoms with van der Waals surface area (Å²) < 4.78 is 0. The Morgan fingerprint density at radius 3 is 2.60 bits per heavy atom. The molecule has 4 rings (SSSR count). The third-order valence-corrected chi connectivity index (χ3v) is 6.01. The fourth-order valence-corrected chi connectivity index (χ4v) is 4.21. The standard InChI is InChI=1S/C23H30N6O/c1-4-29(5-2)13-6-8-17-15(3)26-19(20(17)16-9-10-16)14-18-21(27-28-23(18)30)22-24-11-7-12-25-22/h7,11-12,14,16,26H,4-6,8-10,13H2,1-3H3,(H,28,30). The highest BCUT2D eigenvalue weighted by Gasteiger charge is 2.32. The van der Waals surface area contributed by atoms with Crippen molar-refractivity contribution in [2.24, 2.45) is 5.10 Å². The summed E-state index contributed by atoms with van der Waals surface area (Å²) in [5, 5.41) is 4.18. The van der Waals surface area contributed by atoms with Gasteiger partial charge in [-0.3, -0.25) is 4.79 Å². The molecule has 2 aliphatic rings. The minimum atomic E-state index is -0.213. The van der Waals surface area contributed by atoms with Gasteiger partial charge in [-0.1, -0.05) is 13.8 Å². The van der Waals surface area contributed by atoms with Crippen LogP contribution in [0.5, 0.6) is 0 Å². The second-order valence-electron chi connectivity index (χ2n) is 7.99. The molecule has 0 spiro atoms. The Morgan fingerprint density at radius 2 is 1.93 bits per heavy atom. The number of hydrogen-bond donors (Lipinski definition) is 2. The Kier molecular flexibility index (Phi) is 6.08. The highest BCUT2D eigenvalue weighted by molar-refractivity contribution is 6.32. The van der Waals surface area contributed by atoms with Crippen LogP contribution in [-0.4, -0.2) is 51.1 Å². The second-order valence-corrected chi connectivity index (χ2v) is 7.99. The van der Waals surface area contributed by atoms with Gasteiger partial charge in [0.1, 0.15) is 5.71 Å². The van der Waals surface area contributed by atoms with Gasteiger partial charge in [0.25, 0.3) is 5.91 Å². The lowest BCUT2D eigenvalue weighted by Gasteiger charge is -2.17. The van der Waals surface area contributed by atoms with Crippen molar-refractivity contribution in [1.29, 1.82) is 0 Å². The summed E-state index contributed by atoms with van der Waals surface area (Å²) in [6.07, 6.45) is 9.88. The average molecular weight is 407 g/mol. The van der Waals surface area contributed by atoms with Crippen LogP contribution in [0.2, 0.25) is 0 Å². The van der Waals surface area contributed by atoms with Crippen molar-refractivity contribution in [2.45, 2.75) is 52.4 Å². The number of amides is 1. The lowest BCUT2D eigenvalue weighted by atomic mass is 9.98. The van der Waals surface area contributed by atoms with Gasteiger partial charge >= 0.3 is 0 Å². The molecule has 2 N–H and O–H groups in total. The second kappa shape index (κ2) is 8.92. The topological polar surface area (TPSA) is 86.3 Å². The molecule has 30 heavy (non-hydrogen) atoms. The minimum absolute atomic E-state index is 0.213. The van der Waals surface area contributed by atoms with Gasteiger partial charge in [-0.15, -0.1) is 0 Å². The van der Waals surface area contributed by atoms with E-state index < -0.39 is 0 Å². The van der Waals surface area contributed by atoms with E-state index in [-0.39, 0.29) is 5.91 Å². The third-order valence-electron chi connectivity index (χ3n) is 6.01. The summed E-state index contributed by atoms with van der Waals surface area (Å²) in [6, 6.07) is 1.75. The number of nitrogens with zero attached hydrogens (tertiary/aromatic N) is 4. The number of carbonyl (C=O) groups is 1. The average Bonchev–Trinajstić information content (AvgIpc) is 3.47. The molecule has 0 atom stereocenters. The summed E-state index contributed by atoms with van der Waals surface area (Å²) in [4.78, 5) is 27.0. The number of aryl methyl sites for hydroxylation is 1. The van der Waals surface area contributed by atoms with E-state index in [4.69, 9.17) is 0 Å². The van der Waals surface area contributed by atoms with Crippen LogP contribution in [0.1, 0.15) is 67.4 Å². The molecule has 3 heterocycles. The Bertz CT molecular complexity index is 967. The van der Waals surface area contributed by atoms with Crippen molar-refractivity contribution in [1.82, 2.24) is 25.3 Å². The first kappa shape index (κ1) is 20.5. The first-order valence-corrected chi connectivity index (χ1v) is 10.9. The molecule has 0 bridgehead atoms. The number of aromatic amines is 1. The quantitative estimate of drug-likeness (QED) is 0.626. The van der Waals surface area contributed by atoms with Gasteiger partial charge in [-0.2, -0.15) is 5.10 Å². The largest absolute Gasteiger partial charge is 0.359 e. The molecule has 1 aliphatic carbocycles. The Balaban J connectivity index is 1.63. The maximum atomic E-state index is 12.5. The molecule has 1 amide bonds. The van der Waals surface area contributed by atoms with Gasteiger partial charge in [0.05, 0.1) is 5.57 Å². The number of aromatic nitrogens is 3. The lowest BCUT2D eigenvalue weighted by Crippen LogP contribution is -2.24. The number of hydrazone groups is 1. The zero-order chi connectivity index (χ0) is 21.1. The van der Waals surface area contributed by atoms with Crippen LogP contribution in [0.4, 0.5) is 0 Å². The number of nitrogens with one attached hydrogen (secondary N) is 2. The summed E-state index contributed by atoms with van der Waals surface area (Å²) in [5.74, 6) is 0.829. The van der Waals surface area contributed by atoms with Crippen LogP contribution in [-0.2, 0) is 11.2 Å². The molecule has 1 saturated carbocycles. The van der Waals surface area contributed by atoms with Crippen LogP contribution in [0.25, 0.3) is 6.08 Å². The van der Waals surface area contributed by atoms with Gasteiger partial charge in [0.2, 0.25) is 0 Å². The number of hydrogen-bond acceptors (Lipinski definition) is 5. The van der Waals surface area contributed by atoms with Crippen molar-refractivity contribution in [3.05, 3.63) is 52.4 Å². The summed E-state index contributed by atoms with van der Waals surface area (Å²) in [6.45, 7) is 9.87. The van der Waals surface area contributed by atoms with Crippen molar-refractivity contribution in [2.75, 3.05) is 19.6 Å². The van der Waals surface area contributed by atoms with E-state index in [1.807, 2.05) is 6.08 Å². The molecular formula is C23H30N6O. The fraction of sp³-hybridized carbons (Fsp3) is 0.478. The van der Waals surface area contributed by atoms with Crippen molar-refractivity contribution in [3.63, 3.8) is 0 Å². The lowest BCUT2D eigenvalue weighted by molar-refractivity contribution is -0.116. The zero-order valence-electron chi connectivity index (χ0n) is 18.0. The molecule has 2 aromatic rings. The van der Waals surface area contributed by atoms with Gasteiger partial charge in [-0.25, -0.2) is 15.4 Å². The molecule has 1 fully saturated rings. The highest BCUT2D eigenvalue weighted by atomic mass is 16.2. The van der Waals surface area contributed by atoms with E-state index in [1.54, 1.807) is 18.5 Å². The van der Waals surface area contributed by atoms with Crippen molar-refractivity contribution in [3.8, 4) is 0 Å². The van der Waals surface area contributed by atoms with Crippen molar-refractivity contribution >= 4 is 17.7 Å². The van der Waals surface area contributed by atoms with Gasteiger partial charge in [0, 0.05) is 23.8 Å². The molecule has 7 heteroatoms. The zero-order valence-corrected chi connectivity index (χ0v) is 18.0. The van der Waals surface area contributed by atoms with Crippen LogP contribution in [0.3, 0.4) is 0 Å². The molecule has 1 aliphatic heterocycles. The van der Waals surface area contributed by atoms with Crippen LogP contribution in [0, 0.1) is 6.92 Å². The van der Waals surface area contributed by atoms with E-state index >= 15 is 0 Å². The van der Waals surface area contributed by atoms with Crippen LogP contribution >= 0.6 is 0 Å². The van der Waals surface area contributed by atoms with Gasteiger partial charge in [-0.05, 0) is 81.4 Å². The molecule has 2 aromatic heterocycles. The minimum Gasteiger partial charge on any atom is -0.359 e. The summed E-state index contributed by atoms with van der Waals surface area (Å²) in [7, 11) is 0. The van der Waals surface area contributed by atoms with E-state index in [2.05, 4.69) is 51.2 Å². The number of H-pyrrole nitrogens is 1. The predicted molar refractivity (Wildman–Crippen MR) is 118 cm³/mol. The van der Waals surface area contributed by atoms with Gasteiger partial charge in [0.15, 0.2) is 5.82 Å². The Labute approximate surface area is 177 Å². The Hall–Kier alpha value is -2.80. The van der Waals surface area contributed by atoms with Crippen LogP contribution < -0.4 is 5.43 Å². The smallest absolute Gasteiger partial charge is 0.273 e. The number of carbonyl (C=O) groups excluding carboxylic acids is 1. The monoisotopic (exact) mass is 406 g/mol. The molecule has 0 aromatic carbocycles. The molecular weight excluding hydrogens is 376 g/mol. The van der Waals surface area contributed by atoms with Crippen molar-refractivity contribution < 1.29 is 4.79 Å². The maximum absolute atomic E-state index is 12.5. The van der Waals surface area contributed by atoms with E-state index in [9.17, 15) is 4.79 Å². The normalized spacial score (nSPS) is 17.7. The van der Waals surface area contributed by atoms with Gasteiger partial charge < -0.3 is 9.88 Å². The molecule has 7 nitrogen and oxygen atoms in total. The maximum Gasteiger partial charge on any atom is 0.273 e. The first-order chi connectivity index (χ1) is 14.6. The first-order valence-electron chi connectivity index (χ1n) is 10.9. The van der Waals surface area contributed by atoms with E-state index in [0.29, 0.717) is 23.0 Å². The van der Waals surface area contributed by atoms with Crippen LogP contribution in [0.15, 0.2) is 29.1 Å². The highest BCUT2D eigenvalue weighted by Crippen LogP contribution is 2.45. The third kappa shape index (κ3) is 4.21. The predicted octanol–water partition coefficient (Wildman–Crippen LogP) is 3.18. The summed E-state index contributed by atoms with van der Waals surface area (Å²) >= 11 is 0. The fourth-order valence-electron chi connectivity index (χ4n) is 4.21. The summed E-state index contributed by atoms with van der Waals surface area (Å²) in [5.41, 5.74) is 8.61. The Morgan fingerprint density at radius 1 is 1.20 bits per heavy atom. The SMILES string of the molecule is CCN(CC)CCCc1c(C)[nH]c(C=C2C(=O)NN=C2c2ncccn2)c1C1CC1. The molecule has 0 unspecified atom stereocenters. The van der Waals surface area contributed by atoms with E-state index in [1.165, 1.54) is 29.7 Å². The molecule has 0 saturated heterocycles. The molecule has 0 radical (unpaired) electrons. The molecule has 158 valence electrons. The number of rotatable bonds is 9.